The molecule has 0 spiro atoms. The molecule has 1 saturated heterocycles. The van der Waals surface area contributed by atoms with Crippen LogP contribution in [0.25, 0.3) is 0 Å². The van der Waals surface area contributed by atoms with Crippen LogP contribution < -0.4 is 10.2 Å². The molecule has 2 amide bonds. The molecule has 0 aromatic heterocycles. The van der Waals surface area contributed by atoms with E-state index in [0.29, 0.717) is 25.9 Å². The van der Waals surface area contributed by atoms with Crippen molar-refractivity contribution < 1.29 is 9.59 Å². The molecule has 1 fully saturated rings. The lowest BCUT2D eigenvalue weighted by Crippen LogP contribution is -2.35. The van der Waals surface area contributed by atoms with Gasteiger partial charge in [0.1, 0.15) is 0 Å². The van der Waals surface area contributed by atoms with Crippen molar-refractivity contribution in [3.8, 4) is 0 Å². The number of anilines is 1. The largest absolute Gasteiger partial charge is 0.378 e. The van der Waals surface area contributed by atoms with Gasteiger partial charge < -0.3 is 15.1 Å². The summed E-state index contributed by atoms with van der Waals surface area (Å²) in [6, 6.07) is 8.25. The summed E-state index contributed by atoms with van der Waals surface area (Å²) in [5, 5.41) is 2.89. The van der Waals surface area contributed by atoms with E-state index in [0.717, 1.165) is 30.6 Å². The first kappa shape index (κ1) is 16.3. The fourth-order valence-corrected chi connectivity index (χ4v) is 2.58. The Morgan fingerprint density at radius 2 is 2.00 bits per heavy atom. The Hall–Kier alpha value is -2.04. The van der Waals surface area contributed by atoms with E-state index in [2.05, 4.69) is 34.5 Å². The number of amides is 2. The number of hydrogen-bond donors (Lipinski definition) is 1. The van der Waals surface area contributed by atoms with Crippen molar-refractivity contribution in [1.29, 1.82) is 0 Å². The lowest BCUT2D eigenvalue weighted by atomic mass is 10.1. The minimum Gasteiger partial charge on any atom is -0.378 e. The van der Waals surface area contributed by atoms with Gasteiger partial charge in [-0.2, -0.15) is 0 Å². The first-order chi connectivity index (χ1) is 10.6. The lowest BCUT2D eigenvalue weighted by Gasteiger charge is -2.15. The number of likely N-dealkylation sites (tertiary alicyclic amines) is 1. The van der Waals surface area contributed by atoms with Crippen molar-refractivity contribution in [1.82, 2.24) is 10.2 Å². The van der Waals surface area contributed by atoms with Crippen LogP contribution in [0, 0.1) is 0 Å². The molecule has 0 radical (unpaired) electrons. The summed E-state index contributed by atoms with van der Waals surface area (Å²) in [6.07, 6.45) is 2.81. The van der Waals surface area contributed by atoms with Gasteiger partial charge in [0.05, 0.1) is 0 Å². The fourth-order valence-electron chi connectivity index (χ4n) is 2.58. The van der Waals surface area contributed by atoms with Crippen LogP contribution in [0.2, 0.25) is 0 Å². The summed E-state index contributed by atoms with van der Waals surface area (Å²) in [5.41, 5.74) is 2.32. The number of carbonyl (C=O) groups is 2. The maximum atomic E-state index is 11.8. The summed E-state index contributed by atoms with van der Waals surface area (Å²) < 4.78 is 0. The number of nitrogens with zero attached hydrogens (tertiary/aromatic N) is 2. The number of rotatable bonds is 7. The van der Waals surface area contributed by atoms with Crippen molar-refractivity contribution in [2.45, 2.75) is 25.7 Å². The zero-order valence-electron chi connectivity index (χ0n) is 13.5. The second-order valence-electron chi connectivity index (χ2n) is 5.90. The quantitative estimate of drug-likeness (QED) is 0.829. The zero-order chi connectivity index (χ0) is 15.9. The standard InChI is InChI=1S/C17H25N3O2/c1-19(2)15-8-5-14(6-9-15)7-10-16(21)18-11-13-20-12-3-4-17(20)22/h5-6,8-9H,3-4,7,10-13H2,1-2H3,(H,18,21). The first-order valence-corrected chi connectivity index (χ1v) is 7.87. The molecule has 120 valence electrons. The van der Waals surface area contributed by atoms with Gasteiger partial charge in [-0.05, 0) is 30.5 Å². The molecule has 2 rings (SSSR count). The van der Waals surface area contributed by atoms with Crippen molar-refractivity contribution >= 4 is 17.5 Å². The van der Waals surface area contributed by atoms with Gasteiger partial charge in [0, 0.05) is 52.3 Å². The predicted molar refractivity (Wildman–Crippen MR) is 87.9 cm³/mol. The normalized spacial score (nSPS) is 14.3. The second kappa shape index (κ2) is 7.82. The Balaban J connectivity index is 1.65. The molecule has 1 N–H and O–H groups in total. The molecule has 1 aromatic rings. The summed E-state index contributed by atoms with van der Waals surface area (Å²) in [7, 11) is 4.02. The molecule has 0 aliphatic carbocycles. The van der Waals surface area contributed by atoms with Crippen molar-refractivity contribution in [3.63, 3.8) is 0 Å². The van der Waals surface area contributed by atoms with E-state index in [-0.39, 0.29) is 11.8 Å². The van der Waals surface area contributed by atoms with Gasteiger partial charge in [-0.25, -0.2) is 0 Å². The average molecular weight is 303 g/mol. The Labute approximate surface area is 132 Å². The molecule has 1 aliphatic heterocycles. The molecular formula is C17H25N3O2. The first-order valence-electron chi connectivity index (χ1n) is 7.87. The van der Waals surface area contributed by atoms with Gasteiger partial charge in [-0.3, -0.25) is 9.59 Å². The average Bonchev–Trinajstić information content (AvgIpc) is 2.91. The monoisotopic (exact) mass is 303 g/mol. The molecule has 1 aliphatic rings. The number of benzene rings is 1. The fraction of sp³-hybridized carbons (Fsp3) is 0.529. The maximum Gasteiger partial charge on any atom is 0.222 e. The molecule has 1 aromatic carbocycles. The van der Waals surface area contributed by atoms with Crippen LogP contribution in [0.5, 0.6) is 0 Å². The van der Waals surface area contributed by atoms with E-state index >= 15 is 0 Å². The number of aryl methyl sites for hydroxylation is 1. The van der Waals surface area contributed by atoms with Crippen molar-refractivity contribution in [2.24, 2.45) is 0 Å². The Kier molecular flexibility index (Phi) is 5.81. The Bertz CT molecular complexity index is 511. The van der Waals surface area contributed by atoms with E-state index in [9.17, 15) is 9.59 Å². The molecule has 22 heavy (non-hydrogen) atoms. The SMILES string of the molecule is CN(C)c1ccc(CCC(=O)NCCN2CCCC2=O)cc1. The second-order valence-corrected chi connectivity index (χ2v) is 5.90. The highest BCUT2D eigenvalue weighted by molar-refractivity contribution is 5.78. The van der Waals surface area contributed by atoms with Crippen LogP contribution in [0.4, 0.5) is 5.69 Å². The third-order valence-electron chi connectivity index (χ3n) is 3.97. The van der Waals surface area contributed by atoms with Gasteiger partial charge in [0.25, 0.3) is 0 Å². The minimum atomic E-state index is 0.0448. The molecule has 5 nitrogen and oxygen atoms in total. The van der Waals surface area contributed by atoms with E-state index in [1.807, 2.05) is 19.0 Å². The van der Waals surface area contributed by atoms with Crippen LogP contribution in [-0.2, 0) is 16.0 Å². The van der Waals surface area contributed by atoms with Crippen molar-refractivity contribution in [3.05, 3.63) is 29.8 Å². The number of hydrogen-bond acceptors (Lipinski definition) is 3. The maximum absolute atomic E-state index is 11.8. The highest BCUT2D eigenvalue weighted by Gasteiger charge is 2.19. The van der Waals surface area contributed by atoms with Gasteiger partial charge in [-0.15, -0.1) is 0 Å². The van der Waals surface area contributed by atoms with Gasteiger partial charge >= 0.3 is 0 Å². The third-order valence-corrected chi connectivity index (χ3v) is 3.97. The summed E-state index contributed by atoms with van der Waals surface area (Å²) >= 11 is 0. The molecular weight excluding hydrogens is 278 g/mol. The molecule has 0 unspecified atom stereocenters. The zero-order valence-corrected chi connectivity index (χ0v) is 13.5. The molecule has 0 saturated carbocycles. The van der Waals surface area contributed by atoms with Crippen LogP contribution in [0.1, 0.15) is 24.8 Å². The van der Waals surface area contributed by atoms with E-state index in [1.54, 1.807) is 0 Å². The minimum absolute atomic E-state index is 0.0448. The Morgan fingerprint density at radius 3 is 2.59 bits per heavy atom. The van der Waals surface area contributed by atoms with Crippen LogP contribution >= 0.6 is 0 Å². The topological polar surface area (TPSA) is 52.7 Å². The van der Waals surface area contributed by atoms with Crippen molar-refractivity contribution in [2.75, 3.05) is 38.6 Å². The molecule has 1 heterocycles. The van der Waals surface area contributed by atoms with Crippen LogP contribution in [0.15, 0.2) is 24.3 Å². The van der Waals surface area contributed by atoms with Gasteiger partial charge in [0.2, 0.25) is 11.8 Å². The summed E-state index contributed by atoms with van der Waals surface area (Å²) in [5.74, 6) is 0.249. The lowest BCUT2D eigenvalue weighted by molar-refractivity contribution is -0.128. The van der Waals surface area contributed by atoms with Crippen LogP contribution in [0.3, 0.4) is 0 Å². The van der Waals surface area contributed by atoms with E-state index < -0.39 is 0 Å². The third kappa shape index (κ3) is 4.76. The summed E-state index contributed by atoms with van der Waals surface area (Å²) in [6.45, 7) is 2.00. The highest BCUT2D eigenvalue weighted by Crippen LogP contribution is 2.13. The molecule has 5 heteroatoms. The summed E-state index contributed by atoms with van der Waals surface area (Å²) in [4.78, 5) is 27.1. The van der Waals surface area contributed by atoms with E-state index in [4.69, 9.17) is 0 Å². The molecule has 0 bridgehead atoms. The Morgan fingerprint density at radius 1 is 1.27 bits per heavy atom. The highest BCUT2D eigenvalue weighted by atomic mass is 16.2. The van der Waals surface area contributed by atoms with Gasteiger partial charge in [-0.1, -0.05) is 12.1 Å². The number of nitrogens with one attached hydrogen (secondary N) is 1. The van der Waals surface area contributed by atoms with Gasteiger partial charge in [0.15, 0.2) is 0 Å². The smallest absolute Gasteiger partial charge is 0.222 e. The predicted octanol–water partition coefficient (Wildman–Crippen LogP) is 1.42. The van der Waals surface area contributed by atoms with Crippen LogP contribution in [-0.4, -0.2) is 50.4 Å². The molecule has 0 atom stereocenters. The number of carbonyl (C=O) groups excluding carboxylic acids is 2. The van der Waals surface area contributed by atoms with E-state index in [1.165, 1.54) is 0 Å².